The van der Waals surface area contributed by atoms with Crippen LogP contribution in [0.1, 0.15) is 11.6 Å². The quantitative estimate of drug-likeness (QED) is 0.781. The SMILES string of the molecule is CN1C(=O)COCC1c1ccc(Br)cc1. The maximum absolute atomic E-state index is 11.4. The van der Waals surface area contributed by atoms with Crippen molar-refractivity contribution in [3.8, 4) is 0 Å². The summed E-state index contributed by atoms with van der Waals surface area (Å²) in [5.74, 6) is 0.0363. The monoisotopic (exact) mass is 269 g/mol. The molecule has 1 atom stereocenters. The fourth-order valence-corrected chi connectivity index (χ4v) is 1.91. The molecule has 0 bridgehead atoms. The minimum Gasteiger partial charge on any atom is -0.369 e. The molecular weight excluding hydrogens is 258 g/mol. The number of carbonyl (C=O) groups excluding carboxylic acids is 1. The van der Waals surface area contributed by atoms with Crippen LogP contribution in [0.15, 0.2) is 28.7 Å². The number of carbonyl (C=O) groups is 1. The van der Waals surface area contributed by atoms with Crippen LogP contribution in [0.3, 0.4) is 0 Å². The van der Waals surface area contributed by atoms with Crippen LogP contribution in [0.25, 0.3) is 0 Å². The smallest absolute Gasteiger partial charge is 0.248 e. The van der Waals surface area contributed by atoms with E-state index >= 15 is 0 Å². The van der Waals surface area contributed by atoms with Crippen LogP contribution >= 0.6 is 15.9 Å². The van der Waals surface area contributed by atoms with Crippen LogP contribution in [0, 0.1) is 0 Å². The summed E-state index contributed by atoms with van der Waals surface area (Å²) in [5.41, 5.74) is 1.11. The lowest BCUT2D eigenvalue weighted by Gasteiger charge is -2.32. The lowest BCUT2D eigenvalue weighted by Crippen LogP contribution is -2.41. The summed E-state index contributed by atoms with van der Waals surface area (Å²) in [7, 11) is 1.82. The van der Waals surface area contributed by atoms with Crippen molar-refractivity contribution in [1.82, 2.24) is 4.90 Å². The molecular formula is C11H12BrNO2. The van der Waals surface area contributed by atoms with Gasteiger partial charge in [-0.15, -0.1) is 0 Å². The molecule has 1 aromatic rings. The van der Waals surface area contributed by atoms with Crippen LogP contribution in [-0.2, 0) is 9.53 Å². The summed E-state index contributed by atoms with van der Waals surface area (Å²) in [5, 5.41) is 0. The number of benzene rings is 1. The molecule has 0 aliphatic carbocycles. The highest BCUT2D eigenvalue weighted by Crippen LogP contribution is 2.24. The fourth-order valence-electron chi connectivity index (χ4n) is 1.65. The molecule has 1 aromatic carbocycles. The zero-order chi connectivity index (χ0) is 10.8. The van der Waals surface area contributed by atoms with Gasteiger partial charge in [0.25, 0.3) is 0 Å². The van der Waals surface area contributed by atoms with Gasteiger partial charge < -0.3 is 9.64 Å². The van der Waals surface area contributed by atoms with E-state index in [0.717, 1.165) is 10.0 Å². The van der Waals surface area contributed by atoms with E-state index in [1.54, 1.807) is 4.90 Å². The standard InChI is InChI=1S/C11H12BrNO2/c1-13-10(6-15-7-11(13)14)8-2-4-9(12)5-3-8/h2-5,10H,6-7H2,1H3. The number of morpholine rings is 1. The van der Waals surface area contributed by atoms with Crippen molar-refractivity contribution in [2.24, 2.45) is 0 Å². The third kappa shape index (κ3) is 2.21. The number of nitrogens with zero attached hydrogens (tertiary/aromatic N) is 1. The van der Waals surface area contributed by atoms with Gasteiger partial charge >= 0.3 is 0 Å². The van der Waals surface area contributed by atoms with Crippen molar-refractivity contribution in [3.05, 3.63) is 34.3 Å². The normalized spacial score (nSPS) is 21.9. The van der Waals surface area contributed by atoms with Crippen molar-refractivity contribution in [1.29, 1.82) is 0 Å². The summed E-state index contributed by atoms with van der Waals surface area (Å²) in [6.07, 6.45) is 0. The van der Waals surface area contributed by atoms with Crippen LogP contribution < -0.4 is 0 Å². The molecule has 1 saturated heterocycles. The molecule has 80 valence electrons. The number of rotatable bonds is 1. The van der Waals surface area contributed by atoms with Gasteiger partial charge in [-0.3, -0.25) is 4.79 Å². The maximum atomic E-state index is 11.4. The number of ether oxygens (including phenoxy) is 1. The third-order valence-electron chi connectivity index (χ3n) is 2.62. The van der Waals surface area contributed by atoms with Crippen LogP contribution in [0.4, 0.5) is 0 Å². The van der Waals surface area contributed by atoms with Gasteiger partial charge in [-0.25, -0.2) is 0 Å². The first-order valence-corrected chi connectivity index (χ1v) is 5.56. The Morgan fingerprint density at radius 1 is 1.40 bits per heavy atom. The van der Waals surface area contributed by atoms with Crippen LogP contribution in [0.5, 0.6) is 0 Å². The molecule has 1 fully saturated rings. The van der Waals surface area contributed by atoms with E-state index in [0.29, 0.717) is 6.61 Å². The molecule has 1 unspecified atom stereocenters. The minimum absolute atomic E-state index is 0.0363. The predicted molar refractivity (Wildman–Crippen MR) is 60.5 cm³/mol. The predicted octanol–water partition coefficient (Wildman–Crippen LogP) is 1.98. The second kappa shape index (κ2) is 4.33. The molecule has 0 aromatic heterocycles. The Hall–Kier alpha value is -0.870. The molecule has 0 saturated carbocycles. The molecule has 1 heterocycles. The minimum atomic E-state index is 0.0363. The largest absolute Gasteiger partial charge is 0.369 e. The van der Waals surface area contributed by atoms with Gasteiger partial charge in [0.2, 0.25) is 5.91 Å². The van der Waals surface area contributed by atoms with Crippen LogP contribution in [0.2, 0.25) is 0 Å². The lowest BCUT2D eigenvalue weighted by atomic mass is 10.1. The highest BCUT2D eigenvalue weighted by molar-refractivity contribution is 9.10. The summed E-state index contributed by atoms with van der Waals surface area (Å²) in [4.78, 5) is 13.2. The van der Waals surface area contributed by atoms with E-state index in [9.17, 15) is 4.79 Å². The van der Waals surface area contributed by atoms with Gasteiger partial charge in [-0.05, 0) is 17.7 Å². The summed E-state index contributed by atoms with van der Waals surface area (Å²) in [6.45, 7) is 0.771. The number of halogens is 1. The van der Waals surface area contributed by atoms with Crippen molar-refractivity contribution in [2.75, 3.05) is 20.3 Å². The Kier molecular flexibility index (Phi) is 3.07. The average Bonchev–Trinajstić information content (AvgIpc) is 2.24. The summed E-state index contributed by atoms with van der Waals surface area (Å²) < 4.78 is 6.29. The van der Waals surface area contributed by atoms with E-state index in [1.165, 1.54) is 0 Å². The maximum Gasteiger partial charge on any atom is 0.248 e. The van der Waals surface area contributed by atoms with Gasteiger partial charge in [0.15, 0.2) is 0 Å². The van der Waals surface area contributed by atoms with Gasteiger partial charge in [0, 0.05) is 11.5 Å². The van der Waals surface area contributed by atoms with Gasteiger partial charge in [0.1, 0.15) is 6.61 Å². The van der Waals surface area contributed by atoms with Gasteiger partial charge in [-0.1, -0.05) is 28.1 Å². The number of amides is 1. The Balaban J connectivity index is 2.22. The van der Waals surface area contributed by atoms with E-state index in [1.807, 2.05) is 31.3 Å². The molecule has 3 nitrogen and oxygen atoms in total. The molecule has 4 heteroatoms. The zero-order valence-electron chi connectivity index (χ0n) is 8.44. The number of likely N-dealkylation sites (N-methyl/N-ethyl adjacent to an activating group) is 1. The first kappa shape index (κ1) is 10.6. The molecule has 15 heavy (non-hydrogen) atoms. The van der Waals surface area contributed by atoms with E-state index < -0.39 is 0 Å². The first-order chi connectivity index (χ1) is 7.18. The Bertz CT molecular complexity index is 363. The van der Waals surface area contributed by atoms with Crippen molar-refractivity contribution in [3.63, 3.8) is 0 Å². The topological polar surface area (TPSA) is 29.5 Å². The van der Waals surface area contributed by atoms with E-state index in [4.69, 9.17) is 4.74 Å². The van der Waals surface area contributed by atoms with Crippen molar-refractivity contribution < 1.29 is 9.53 Å². The van der Waals surface area contributed by atoms with Crippen molar-refractivity contribution in [2.45, 2.75) is 6.04 Å². The van der Waals surface area contributed by atoms with Gasteiger partial charge in [-0.2, -0.15) is 0 Å². The second-order valence-corrected chi connectivity index (χ2v) is 4.50. The molecule has 0 spiro atoms. The molecule has 1 aliphatic heterocycles. The highest BCUT2D eigenvalue weighted by atomic mass is 79.9. The Morgan fingerprint density at radius 3 is 2.73 bits per heavy atom. The Labute approximate surface area is 97.2 Å². The van der Waals surface area contributed by atoms with Gasteiger partial charge in [0.05, 0.1) is 12.6 Å². The van der Waals surface area contributed by atoms with Crippen LogP contribution in [-0.4, -0.2) is 31.1 Å². The zero-order valence-corrected chi connectivity index (χ0v) is 10.0. The molecule has 2 rings (SSSR count). The molecule has 1 aliphatic rings. The molecule has 0 radical (unpaired) electrons. The van der Waals surface area contributed by atoms with E-state index in [2.05, 4.69) is 15.9 Å². The summed E-state index contributed by atoms with van der Waals surface area (Å²) >= 11 is 3.38. The molecule has 1 amide bonds. The second-order valence-electron chi connectivity index (χ2n) is 3.59. The third-order valence-corrected chi connectivity index (χ3v) is 3.15. The summed E-state index contributed by atoms with van der Waals surface area (Å²) in [6, 6.07) is 8.00. The number of hydrogen-bond acceptors (Lipinski definition) is 2. The first-order valence-electron chi connectivity index (χ1n) is 4.77. The highest BCUT2D eigenvalue weighted by Gasteiger charge is 2.26. The van der Waals surface area contributed by atoms with Crippen molar-refractivity contribution >= 4 is 21.8 Å². The lowest BCUT2D eigenvalue weighted by molar-refractivity contribution is -0.146. The molecule has 0 N–H and O–H groups in total. The number of hydrogen-bond donors (Lipinski definition) is 0. The van der Waals surface area contributed by atoms with E-state index in [-0.39, 0.29) is 18.6 Å². The average molecular weight is 270 g/mol. The fraction of sp³-hybridized carbons (Fsp3) is 0.364. The Morgan fingerprint density at radius 2 is 2.07 bits per heavy atom.